The van der Waals surface area contributed by atoms with Crippen LogP contribution in [0, 0.1) is 6.92 Å². The van der Waals surface area contributed by atoms with Crippen molar-refractivity contribution in [3.05, 3.63) is 53.6 Å². The number of carbonyl (C=O) groups excluding carboxylic acids is 2. The van der Waals surface area contributed by atoms with Crippen LogP contribution in [0.4, 0.5) is 5.69 Å². The summed E-state index contributed by atoms with van der Waals surface area (Å²) in [6, 6.07) is 12.4. The zero-order valence-corrected chi connectivity index (χ0v) is 14.1. The maximum absolute atomic E-state index is 12.1. The summed E-state index contributed by atoms with van der Waals surface area (Å²) in [5.41, 5.74) is 2.09. The predicted molar refractivity (Wildman–Crippen MR) is 92.9 cm³/mol. The van der Waals surface area contributed by atoms with Crippen LogP contribution < -0.4 is 14.8 Å². The number of anilines is 1. The molecule has 0 radical (unpaired) electrons. The van der Waals surface area contributed by atoms with Crippen LogP contribution in [0.5, 0.6) is 11.5 Å². The molecule has 5 nitrogen and oxygen atoms in total. The second kappa shape index (κ2) is 8.15. The fraction of sp³-hybridized carbons (Fsp3) is 0.263. The Bertz CT molecular complexity index is 723. The van der Waals surface area contributed by atoms with E-state index < -0.39 is 0 Å². The van der Waals surface area contributed by atoms with Gasteiger partial charge in [-0.25, -0.2) is 0 Å². The standard InChI is InChI=1S/C19H21NO4/c1-4-23-18-10-7-15(14(3)21)11-17(18)20-19(22)12-24-16-8-5-13(2)6-9-16/h5-11H,4,12H2,1-3H3,(H,20,22). The maximum Gasteiger partial charge on any atom is 0.262 e. The van der Waals surface area contributed by atoms with Gasteiger partial charge < -0.3 is 14.8 Å². The van der Waals surface area contributed by atoms with Crippen LogP contribution in [-0.2, 0) is 4.79 Å². The van der Waals surface area contributed by atoms with Crippen molar-refractivity contribution >= 4 is 17.4 Å². The average molecular weight is 327 g/mol. The number of benzene rings is 2. The molecule has 0 spiro atoms. The molecular formula is C19H21NO4. The van der Waals surface area contributed by atoms with Crippen molar-refractivity contribution in [2.75, 3.05) is 18.5 Å². The molecule has 5 heteroatoms. The Morgan fingerprint density at radius 1 is 1.04 bits per heavy atom. The first-order valence-corrected chi connectivity index (χ1v) is 7.76. The molecule has 0 saturated carbocycles. The van der Waals surface area contributed by atoms with Crippen molar-refractivity contribution in [1.29, 1.82) is 0 Å². The van der Waals surface area contributed by atoms with Gasteiger partial charge in [0.1, 0.15) is 11.5 Å². The van der Waals surface area contributed by atoms with Crippen molar-refractivity contribution in [2.45, 2.75) is 20.8 Å². The number of Topliss-reactive ketones (excluding diaryl/α,β-unsaturated/α-hetero) is 1. The minimum atomic E-state index is -0.322. The number of aryl methyl sites for hydroxylation is 1. The number of carbonyl (C=O) groups is 2. The third-order valence-electron chi connectivity index (χ3n) is 3.35. The van der Waals surface area contributed by atoms with E-state index in [1.54, 1.807) is 18.2 Å². The fourth-order valence-electron chi connectivity index (χ4n) is 2.10. The number of rotatable bonds is 7. The van der Waals surface area contributed by atoms with Gasteiger partial charge in [0.05, 0.1) is 12.3 Å². The van der Waals surface area contributed by atoms with Gasteiger partial charge in [0.2, 0.25) is 0 Å². The topological polar surface area (TPSA) is 64.6 Å². The first kappa shape index (κ1) is 17.5. The Balaban J connectivity index is 2.05. The van der Waals surface area contributed by atoms with E-state index in [2.05, 4.69) is 5.32 Å². The first-order valence-electron chi connectivity index (χ1n) is 7.76. The van der Waals surface area contributed by atoms with Crippen LogP contribution in [0.25, 0.3) is 0 Å². The zero-order valence-electron chi connectivity index (χ0n) is 14.1. The number of hydrogen-bond acceptors (Lipinski definition) is 4. The highest BCUT2D eigenvalue weighted by molar-refractivity contribution is 5.98. The summed E-state index contributed by atoms with van der Waals surface area (Å²) in [4.78, 5) is 23.6. The molecule has 2 aromatic rings. The summed E-state index contributed by atoms with van der Waals surface area (Å²) in [5, 5.41) is 2.73. The van der Waals surface area contributed by atoms with E-state index in [0.29, 0.717) is 29.4 Å². The van der Waals surface area contributed by atoms with Crippen molar-refractivity contribution in [3.63, 3.8) is 0 Å². The molecule has 2 rings (SSSR count). The van der Waals surface area contributed by atoms with E-state index in [9.17, 15) is 9.59 Å². The van der Waals surface area contributed by atoms with E-state index in [4.69, 9.17) is 9.47 Å². The number of amides is 1. The van der Waals surface area contributed by atoms with E-state index in [1.165, 1.54) is 6.92 Å². The fourth-order valence-corrected chi connectivity index (χ4v) is 2.10. The molecule has 0 aliphatic rings. The highest BCUT2D eigenvalue weighted by atomic mass is 16.5. The van der Waals surface area contributed by atoms with E-state index in [0.717, 1.165) is 5.56 Å². The maximum atomic E-state index is 12.1. The Morgan fingerprint density at radius 2 is 1.75 bits per heavy atom. The normalized spacial score (nSPS) is 10.1. The molecule has 1 amide bonds. The molecule has 0 saturated heterocycles. The Morgan fingerprint density at radius 3 is 2.38 bits per heavy atom. The summed E-state index contributed by atoms with van der Waals surface area (Å²) >= 11 is 0. The van der Waals surface area contributed by atoms with Crippen LogP contribution >= 0.6 is 0 Å². The monoisotopic (exact) mass is 327 g/mol. The quantitative estimate of drug-likeness (QED) is 0.789. The molecule has 0 bridgehead atoms. The molecule has 0 aliphatic heterocycles. The van der Waals surface area contributed by atoms with Gasteiger partial charge in [-0.05, 0) is 51.1 Å². The highest BCUT2D eigenvalue weighted by Gasteiger charge is 2.11. The second-order valence-corrected chi connectivity index (χ2v) is 5.35. The lowest BCUT2D eigenvalue weighted by Crippen LogP contribution is -2.20. The van der Waals surface area contributed by atoms with Crippen molar-refractivity contribution in [1.82, 2.24) is 0 Å². The molecule has 0 unspecified atom stereocenters. The predicted octanol–water partition coefficient (Wildman–Crippen LogP) is 3.61. The Kier molecular flexibility index (Phi) is 5.95. The van der Waals surface area contributed by atoms with Crippen molar-refractivity contribution < 1.29 is 19.1 Å². The van der Waals surface area contributed by atoms with Gasteiger partial charge in [-0.15, -0.1) is 0 Å². The van der Waals surface area contributed by atoms with E-state index in [1.807, 2.05) is 38.1 Å². The average Bonchev–Trinajstić information content (AvgIpc) is 2.56. The third-order valence-corrected chi connectivity index (χ3v) is 3.35. The third kappa shape index (κ3) is 4.84. The summed E-state index contributed by atoms with van der Waals surface area (Å²) in [6.45, 7) is 5.64. The van der Waals surface area contributed by atoms with Gasteiger partial charge in [0.15, 0.2) is 12.4 Å². The largest absolute Gasteiger partial charge is 0.492 e. The van der Waals surface area contributed by atoms with Gasteiger partial charge in [-0.3, -0.25) is 9.59 Å². The van der Waals surface area contributed by atoms with Gasteiger partial charge in [-0.1, -0.05) is 17.7 Å². The first-order chi connectivity index (χ1) is 11.5. The van der Waals surface area contributed by atoms with E-state index in [-0.39, 0.29) is 18.3 Å². The molecule has 0 aliphatic carbocycles. The molecule has 0 aromatic heterocycles. The van der Waals surface area contributed by atoms with Crippen LogP contribution in [0.15, 0.2) is 42.5 Å². The number of ketones is 1. The lowest BCUT2D eigenvalue weighted by atomic mass is 10.1. The smallest absolute Gasteiger partial charge is 0.262 e. The molecule has 0 heterocycles. The molecule has 0 fully saturated rings. The van der Waals surface area contributed by atoms with Crippen LogP contribution in [0.1, 0.15) is 29.8 Å². The lowest BCUT2D eigenvalue weighted by Gasteiger charge is -2.13. The van der Waals surface area contributed by atoms with Crippen LogP contribution in [-0.4, -0.2) is 24.9 Å². The van der Waals surface area contributed by atoms with Crippen LogP contribution in [0.2, 0.25) is 0 Å². The highest BCUT2D eigenvalue weighted by Crippen LogP contribution is 2.26. The zero-order chi connectivity index (χ0) is 17.5. The molecule has 2 aromatic carbocycles. The van der Waals surface area contributed by atoms with Gasteiger partial charge >= 0.3 is 0 Å². The molecule has 126 valence electrons. The summed E-state index contributed by atoms with van der Waals surface area (Å²) in [6.07, 6.45) is 0. The summed E-state index contributed by atoms with van der Waals surface area (Å²) < 4.78 is 10.9. The van der Waals surface area contributed by atoms with E-state index >= 15 is 0 Å². The number of nitrogens with one attached hydrogen (secondary N) is 1. The second-order valence-electron chi connectivity index (χ2n) is 5.35. The number of ether oxygens (including phenoxy) is 2. The van der Waals surface area contributed by atoms with Gasteiger partial charge in [0, 0.05) is 5.56 Å². The molecular weight excluding hydrogens is 306 g/mol. The minimum absolute atomic E-state index is 0.0792. The van der Waals surface area contributed by atoms with Crippen molar-refractivity contribution in [3.8, 4) is 11.5 Å². The lowest BCUT2D eigenvalue weighted by molar-refractivity contribution is -0.118. The summed E-state index contributed by atoms with van der Waals surface area (Å²) in [7, 11) is 0. The molecule has 24 heavy (non-hydrogen) atoms. The number of hydrogen-bond donors (Lipinski definition) is 1. The molecule has 0 atom stereocenters. The SMILES string of the molecule is CCOc1ccc(C(C)=O)cc1NC(=O)COc1ccc(C)cc1. The Labute approximate surface area is 141 Å². The Hall–Kier alpha value is -2.82. The van der Waals surface area contributed by atoms with Gasteiger partial charge in [0.25, 0.3) is 5.91 Å². The summed E-state index contributed by atoms with van der Waals surface area (Å²) in [5.74, 6) is 0.742. The van der Waals surface area contributed by atoms with Gasteiger partial charge in [-0.2, -0.15) is 0 Å². The van der Waals surface area contributed by atoms with Crippen molar-refractivity contribution in [2.24, 2.45) is 0 Å². The van der Waals surface area contributed by atoms with Crippen LogP contribution in [0.3, 0.4) is 0 Å². The minimum Gasteiger partial charge on any atom is -0.492 e. The molecule has 1 N–H and O–H groups in total.